The fraction of sp³-hybridized carbons (Fsp3) is 0.208. The van der Waals surface area contributed by atoms with Crippen LogP contribution in [0.1, 0.15) is 28.8 Å². The molecule has 1 aromatic heterocycles. The Morgan fingerprint density at radius 1 is 1.04 bits per heavy atom. The zero-order valence-electron chi connectivity index (χ0n) is 15.8. The summed E-state index contributed by atoms with van der Waals surface area (Å²) in [5.41, 5.74) is 11.1. The lowest BCUT2D eigenvalue weighted by atomic mass is 9.92. The van der Waals surface area contributed by atoms with Crippen molar-refractivity contribution < 1.29 is 0 Å². The van der Waals surface area contributed by atoms with Gasteiger partial charge in [0.25, 0.3) is 0 Å². The lowest BCUT2D eigenvalue weighted by Gasteiger charge is -2.24. The number of hydrogen-bond donors (Lipinski definition) is 2. The molecule has 3 nitrogen and oxygen atoms in total. The van der Waals surface area contributed by atoms with Crippen molar-refractivity contribution in [1.29, 1.82) is 0 Å². The van der Waals surface area contributed by atoms with Crippen LogP contribution in [0.5, 0.6) is 0 Å². The van der Waals surface area contributed by atoms with E-state index in [1.807, 2.05) is 17.5 Å². The van der Waals surface area contributed by atoms with Crippen LogP contribution in [0.25, 0.3) is 5.57 Å². The molecule has 1 aliphatic heterocycles. The van der Waals surface area contributed by atoms with Crippen LogP contribution in [0, 0.1) is 0 Å². The molecule has 0 fully saturated rings. The molecule has 4 heteroatoms. The Bertz CT molecular complexity index is 941. The van der Waals surface area contributed by atoms with Gasteiger partial charge >= 0.3 is 0 Å². The first-order chi connectivity index (χ1) is 13.8. The summed E-state index contributed by atoms with van der Waals surface area (Å²) in [5, 5.41) is 5.64. The quantitative estimate of drug-likeness (QED) is 0.453. The maximum Gasteiger partial charge on any atom is 0.141 e. The first kappa shape index (κ1) is 18.7. The van der Waals surface area contributed by atoms with Gasteiger partial charge in [-0.05, 0) is 59.5 Å². The normalized spacial score (nSPS) is 17.4. The lowest BCUT2D eigenvalue weighted by molar-refractivity contribution is 0.501. The van der Waals surface area contributed by atoms with Crippen molar-refractivity contribution in [3.63, 3.8) is 0 Å². The number of amidine groups is 1. The maximum atomic E-state index is 6.07. The molecule has 2 heterocycles. The largest absolute Gasteiger partial charge is 0.383 e. The number of rotatable bonds is 6. The minimum Gasteiger partial charge on any atom is -0.383 e. The molecule has 3 aromatic rings. The summed E-state index contributed by atoms with van der Waals surface area (Å²) in [4.78, 5) is 5.53. The van der Waals surface area contributed by atoms with Gasteiger partial charge in [0.1, 0.15) is 5.84 Å². The van der Waals surface area contributed by atoms with Gasteiger partial charge in [-0.3, -0.25) is 0 Å². The van der Waals surface area contributed by atoms with Crippen molar-refractivity contribution in [2.24, 2.45) is 10.7 Å². The van der Waals surface area contributed by atoms with Crippen molar-refractivity contribution >= 4 is 28.4 Å². The summed E-state index contributed by atoms with van der Waals surface area (Å²) in [6.07, 6.45) is 5.59. The Balaban J connectivity index is 1.33. The predicted molar refractivity (Wildman–Crippen MR) is 120 cm³/mol. The van der Waals surface area contributed by atoms with Gasteiger partial charge in [0.15, 0.2) is 0 Å². The summed E-state index contributed by atoms with van der Waals surface area (Å²) < 4.78 is 0. The van der Waals surface area contributed by atoms with Crippen LogP contribution in [0.15, 0.2) is 83.2 Å². The minimum atomic E-state index is 0.521. The zero-order valence-corrected chi connectivity index (χ0v) is 16.7. The van der Waals surface area contributed by atoms with Crippen LogP contribution in [0.2, 0.25) is 0 Å². The molecule has 0 bridgehead atoms. The van der Waals surface area contributed by atoms with E-state index in [2.05, 4.69) is 71.0 Å². The number of aliphatic imine (C=N–C) groups is 1. The third-order valence-corrected chi connectivity index (χ3v) is 6.00. The Morgan fingerprint density at radius 3 is 2.61 bits per heavy atom. The molecule has 0 aliphatic carbocycles. The van der Waals surface area contributed by atoms with Crippen molar-refractivity contribution in [2.75, 3.05) is 6.54 Å². The fourth-order valence-corrected chi connectivity index (χ4v) is 4.19. The predicted octanol–water partition coefficient (Wildman–Crippen LogP) is 5.16. The van der Waals surface area contributed by atoms with E-state index < -0.39 is 0 Å². The highest BCUT2D eigenvalue weighted by Crippen LogP contribution is 2.24. The summed E-state index contributed by atoms with van der Waals surface area (Å²) in [6.45, 7) is 0.949. The van der Waals surface area contributed by atoms with Crippen molar-refractivity contribution in [3.05, 3.63) is 94.2 Å². The van der Waals surface area contributed by atoms with Crippen LogP contribution < -0.4 is 11.1 Å². The van der Waals surface area contributed by atoms with Gasteiger partial charge in [-0.25, -0.2) is 4.99 Å². The first-order valence-electron chi connectivity index (χ1n) is 9.73. The second kappa shape index (κ2) is 9.00. The van der Waals surface area contributed by atoms with Crippen LogP contribution in [0.4, 0.5) is 5.69 Å². The maximum absolute atomic E-state index is 6.07. The number of nitrogens with two attached hydrogens (primary N) is 1. The summed E-state index contributed by atoms with van der Waals surface area (Å²) >= 11 is 1.61. The molecule has 1 atom stereocenters. The van der Waals surface area contributed by atoms with E-state index in [9.17, 15) is 0 Å². The third kappa shape index (κ3) is 4.77. The van der Waals surface area contributed by atoms with Crippen LogP contribution in [0.3, 0.4) is 0 Å². The molecule has 28 heavy (non-hydrogen) atoms. The second-order valence-corrected chi connectivity index (χ2v) is 8.03. The number of thiophene rings is 1. The van der Waals surface area contributed by atoms with E-state index in [-0.39, 0.29) is 0 Å². The molecule has 0 radical (unpaired) electrons. The molecule has 2 aromatic carbocycles. The summed E-state index contributed by atoms with van der Waals surface area (Å²) in [5.74, 6) is 0.578. The molecule has 1 aliphatic rings. The topological polar surface area (TPSA) is 50.4 Å². The van der Waals surface area contributed by atoms with Gasteiger partial charge in [0.2, 0.25) is 0 Å². The minimum absolute atomic E-state index is 0.521. The molecule has 4 rings (SSSR count). The van der Waals surface area contributed by atoms with E-state index in [0.29, 0.717) is 11.9 Å². The molecule has 0 amide bonds. The molecular formula is C24H25N3S. The van der Waals surface area contributed by atoms with Crippen LogP contribution >= 0.6 is 11.3 Å². The summed E-state index contributed by atoms with van der Waals surface area (Å²) in [6, 6.07) is 23.6. The van der Waals surface area contributed by atoms with Crippen LogP contribution in [-0.2, 0) is 6.42 Å². The first-order valence-corrected chi connectivity index (χ1v) is 10.6. The summed E-state index contributed by atoms with van der Waals surface area (Å²) in [7, 11) is 0. The Morgan fingerprint density at radius 2 is 1.86 bits per heavy atom. The fourth-order valence-electron chi connectivity index (χ4n) is 3.56. The van der Waals surface area contributed by atoms with E-state index in [0.717, 1.165) is 36.4 Å². The number of hydrogen-bond acceptors (Lipinski definition) is 3. The second-order valence-electron chi connectivity index (χ2n) is 7.08. The molecule has 1 unspecified atom stereocenters. The molecule has 3 N–H and O–H groups in total. The molecule has 0 saturated heterocycles. The average Bonchev–Trinajstić information content (AvgIpc) is 3.29. The highest BCUT2D eigenvalue weighted by atomic mass is 32.1. The number of nitrogens with zero attached hydrogens (tertiary/aromatic N) is 1. The SMILES string of the molecule is NC(=Nc1ccc(CCC2CC(c3ccccc3)=CCN2)cc1)c1cccs1. The average molecular weight is 388 g/mol. The molecule has 0 saturated carbocycles. The highest BCUT2D eigenvalue weighted by Gasteiger charge is 2.15. The Kier molecular flexibility index (Phi) is 6.00. The van der Waals surface area contributed by atoms with Gasteiger partial charge in [-0.2, -0.15) is 0 Å². The highest BCUT2D eigenvalue weighted by molar-refractivity contribution is 7.12. The lowest BCUT2D eigenvalue weighted by Crippen LogP contribution is -2.33. The number of benzene rings is 2. The number of nitrogens with one attached hydrogen (secondary N) is 1. The van der Waals surface area contributed by atoms with Gasteiger partial charge in [0.05, 0.1) is 10.6 Å². The van der Waals surface area contributed by atoms with Crippen LogP contribution in [-0.4, -0.2) is 18.4 Å². The van der Waals surface area contributed by atoms with E-state index in [1.54, 1.807) is 11.3 Å². The molecule has 142 valence electrons. The van der Waals surface area contributed by atoms with E-state index in [1.165, 1.54) is 16.7 Å². The van der Waals surface area contributed by atoms with Crippen molar-refractivity contribution in [3.8, 4) is 0 Å². The van der Waals surface area contributed by atoms with E-state index in [4.69, 9.17) is 5.73 Å². The van der Waals surface area contributed by atoms with Gasteiger partial charge in [0, 0.05) is 12.6 Å². The van der Waals surface area contributed by atoms with Gasteiger partial charge in [-0.1, -0.05) is 54.6 Å². The number of aryl methyl sites for hydroxylation is 1. The van der Waals surface area contributed by atoms with E-state index >= 15 is 0 Å². The zero-order chi connectivity index (χ0) is 19.2. The van der Waals surface area contributed by atoms with Crippen molar-refractivity contribution in [2.45, 2.75) is 25.3 Å². The smallest absolute Gasteiger partial charge is 0.141 e. The van der Waals surface area contributed by atoms with Gasteiger partial charge in [-0.15, -0.1) is 11.3 Å². The Labute approximate surface area is 170 Å². The monoisotopic (exact) mass is 387 g/mol. The van der Waals surface area contributed by atoms with Crippen molar-refractivity contribution in [1.82, 2.24) is 5.32 Å². The third-order valence-electron chi connectivity index (χ3n) is 5.11. The standard InChI is InChI=1S/C24H25N3S/c25-24(23-7-4-16-28-23)27-21-11-8-18(9-12-21)10-13-22-17-20(14-15-26-22)19-5-2-1-3-6-19/h1-9,11-12,14,16,22,26H,10,13,15,17H2,(H2,25,27). The van der Waals surface area contributed by atoms with Gasteiger partial charge < -0.3 is 11.1 Å². The molecule has 0 spiro atoms. The Hall–Kier alpha value is -2.69. The molecular weight excluding hydrogens is 362 g/mol.